The van der Waals surface area contributed by atoms with Crippen molar-refractivity contribution in [1.29, 1.82) is 0 Å². The molecule has 1 rings (SSSR count). The highest BCUT2D eigenvalue weighted by atomic mass is 16.2. The van der Waals surface area contributed by atoms with E-state index in [4.69, 9.17) is 0 Å². The van der Waals surface area contributed by atoms with Crippen LogP contribution in [0.1, 0.15) is 57.1 Å². The Morgan fingerprint density at radius 2 is 1.95 bits per heavy atom. The lowest BCUT2D eigenvalue weighted by Crippen LogP contribution is -2.34. The van der Waals surface area contributed by atoms with Crippen LogP contribution in [-0.4, -0.2) is 35.9 Å². The molecular weight excluding hydrogens is 262 g/mol. The smallest absolute Gasteiger partial charge is 0.253 e. The van der Waals surface area contributed by atoms with Crippen molar-refractivity contribution < 1.29 is 4.79 Å². The molecule has 0 atom stereocenters. The largest absolute Gasteiger partial charge is 0.370 e. The van der Waals surface area contributed by atoms with Crippen LogP contribution in [0, 0.1) is 5.41 Å². The number of anilines is 1. The van der Waals surface area contributed by atoms with Crippen molar-refractivity contribution >= 4 is 11.7 Å². The lowest BCUT2D eigenvalue weighted by Gasteiger charge is -2.27. The third-order valence-corrected chi connectivity index (χ3v) is 3.10. The number of hydrogen-bond donors (Lipinski definition) is 1. The quantitative estimate of drug-likeness (QED) is 0.871. The fourth-order valence-electron chi connectivity index (χ4n) is 2.24. The summed E-state index contributed by atoms with van der Waals surface area (Å²) < 4.78 is 0. The van der Waals surface area contributed by atoms with Gasteiger partial charge in [-0.15, -0.1) is 0 Å². The second-order valence-electron chi connectivity index (χ2n) is 6.73. The second kappa shape index (κ2) is 7.43. The number of aromatic nitrogens is 1. The summed E-state index contributed by atoms with van der Waals surface area (Å²) in [6.45, 7) is 12.2. The Bertz CT molecular complexity index is 477. The molecule has 0 radical (unpaired) electrons. The molecular formula is C17H29N3O. The van der Waals surface area contributed by atoms with Gasteiger partial charge < -0.3 is 10.2 Å². The van der Waals surface area contributed by atoms with Gasteiger partial charge in [-0.1, -0.05) is 34.6 Å². The number of nitrogens with zero attached hydrogens (tertiary/aromatic N) is 2. The molecule has 0 aliphatic carbocycles. The molecule has 1 amide bonds. The van der Waals surface area contributed by atoms with Crippen molar-refractivity contribution in [2.24, 2.45) is 5.41 Å². The minimum Gasteiger partial charge on any atom is -0.370 e. The molecule has 0 saturated carbocycles. The second-order valence-corrected chi connectivity index (χ2v) is 6.73. The Morgan fingerprint density at radius 3 is 2.48 bits per heavy atom. The van der Waals surface area contributed by atoms with E-state index in [1.165, 1.54) is 0 Å². The summed E-state index contributed by atoms with van der Waals surface area (Å²) >= 11 is 0. The van der Waals surface area contributed by atoms with Gasteiger partial charge in [0.05, 0.1) is 0 Å². The van der Waals surface area contributed by atoms with Gasteiger partial charge in [-0.05, 0) is 30.4 Å². The average Bonchev–Trinajstić information content (AvgIpc) is 2.41. The van der Waals surface area contributed by atoms with E-state index in [1.54, 1.807) is 4.90 Å². The van der Waals surface area contributed by atoms with Crippen LogP contribution in [0.5, 0.6) is 0 Å². The molecule has 0 unspecified atom stereocenters. The molecule has 4 heteroatoms. The van der Waals surface area contributed by atoms with E-state index in [9.17, 15) is 4.79 Å². The molecule has 1 heterocycles. The van der Waals surface area contributed by atoms with Crippen molar-refractivity contribution in [3.63, 3.8) is 0 Å². The Labute approximate surface area is 129 Å². The maximum Gasteiger partial charge on any atom is 0.253 e. The molecule has 0 saturated heterocycles. The molecule has 0 aliphatic heterocycles. The van der Waals surface area contributed by atoms with Crippen molar-refractivity contribution in [3.05, 3.63) is 23.4 Å². The van der Waals surface area contributed by atoms with E-state index in [1.807, 2.05) is 19.2 Å². The minimum absolute atomic E-state index is 0.0570. The van der Waals surface area contributed by atoms with Gasteiger partial charge in [-0.3, -0.25) is 4.79 Å². The first-order valence-electron chi connectivity index (χ1n) is 7.77. The molecule has 1 aromatic rings. The van der Waals surface area contributed by atoms with E-state index in [-0.39, 0.29) is 11.3 Å². The summed E-state index contributed by atoms with van der Waals surface area (Å²) in [7, 11) is 1.86. The molecule has 0 spiro atoms. The molecule has 1 aromatic heterocycles. The maximum atomic E-state index is 12.6. The van der Waals surface area contributed by atoms with Crippen LogP contribution < -0.4 is 5.32 Å². The van der Waals surface area contributed by atoms with Gasteiger partial charge in [-0.25, -0.2) is 4.98 Å². The SMILES string of the molecule is CCCNc1cc(C(=O)N(C)CC(C)(C)C)cc(CC)n1. The van der Waals surface area contributed by atoms with Gasteiger partial charge in [-0.2, -0.15) is 0 Å². The number of carbonyl (C=O) groups is 1. The van der Waals surface area contributed by atoms with Crippen LogP contribution in [0.15, 0.2) is 12.1 Å². The first-order valence-corrected chi connectivity index (χ1v) is 7.77. The number of nitrogens with one attached hydrogen (secondary N) is 1. The zero-order valence-corrected chi connectivity index (χ0v) is 14.3. The molecule has 0 bridgehead atoms. The number of carbonyl (C=O) groups excluding carboxylic acids is 1. The first kappa shape index (κ1) is 17.5. The third-order valence-electron chi connectivity index (χ3n) is 3.10. The molecule has 1 N–H and O–H groups in total. The Kier molecular flexibility index (Phi) is 6.19. The average molecular weight is 291 g/mol. The van der Waals surface area contributed by atoms with Crippen LogP contribution in [0.25, 0.3) is 0 Å². The zero-order chi connectivity index (χ0) is 16.0. The summed E-state index contributed by atoms with van der Waals surface area (Å²) in [5.74, 6) is 0.852. The highest BCUT2D eigenvalue weighted by molar-refractivity contribution is 5.94. The van der Waals surface area contributed by atoms with Gasteiger partial charge in [0.25, 0.3) is 5.91 Å². The van der Waals surface area contributed by atoms with Crippen LogP contribution in [0.3, 0.4) is 0 Å². The van der Waals surface area contributed by atoms with Crippen molar-refractivity contribution in [2.45, 2.75) is 47.5 Å². The third kappa shape index (κ3) is 5.74. The normalized spacial score (nSPS) is 11.3. The predicted molar refractivity (Wildman–Crippen MR) is 88.8 cm³/mol. The predicted octanol–water partition coefficient (Wildman–Crippen LogP) is 3.58. The number of hydrogen-bond acceptors (Lipinski definition) is 3. The van der Waals surface area contributed by atoms with Crippen molar-refractivity contribution in [2.75, 3.05) is 25.5 Å². The van der Waals surface area contributed by atoms with Gasteiger partial charge >= 0.3 is 0 Å². The molecule has 0 fully saturated rings. The number of rotatable bonds is 6. The lowest BCUT2D eigenvalue weighted by atomic mass is 9.96. The molecule has 4 nitrogen and oxygen atoms in total. The number of amides is 1. The summed E-state index contributed by atoms with van der Waals surface area (Å²) in [6.07, 6.45) is 1.86. The van der Waals surface area contributed by atoms with E-state index >= 15 is 0 Å². The van der Waals surface area contributed by atoms with E-state index in [0.29, 0.717) is 5.56 Å². The molecule has 21 heavy (non-hydrogen) atoms. The Morgan fingerprint density at radius 1 is 1.29 bits per heavy atom. The molecule has 0 aliphatic rings. The monoisotopic (exact) mass is 291 g/mol. The molecule has 118 valence electrons. The lowest BCUT2D eigenvalue weighted by molar-refractivity contribution is 0.0745. The van der Waals surface area contributed by atoms with Crippen LogP contribution in [0.2, 0.25) is 0 Å². The number of pyridine rings is 1. The van der Waals surface area contributed by atoms with Crippen LogP contribution in [-0.2, 0) is 6.42 Å². The first-order chi connectivity index (χ1) is 9.76. The fraction of sp³-hybridized carbons (Fsp3) is 0.647. The standard InChI is InChI=1S/C17H29N3O/c1-7-9-18-15-11-13(10-14(8-2)19-15)16(21)20(6)12-17(3,4)5/h10-11H,7-9,12H2,1-6H3,(H,18,19). The topological polar surface area (TPSA) is 45.2 Å². The fourth-order valence-corrected chi connectivity index (χ4v) is 2.24. The Hall–Kier alpha value is -1.58. The van der Waals surface area contributed by atoms with Gasteiger partial charge in [0.15, 0.2) is 0 Å². The minimum atomic E-state index is 0.0570. The van der Waals surface area contributed by atoms with Crippen LogP contribution in [0.4, 0.5) is 5.82 Å². The highest BCUT2D eigenvalue weighted by Crippen LogP contribution is 2.18. The summed E-state index contributed by atoms with van der Waals surface area (Å²) in [6, 6.07) is 3.76. The van der Waals surface area contributed by atoms with Crippen molar-refractivity contribution in [3.8, 4) is 0 Å². The molecule has 0 aromatic carbocycles. The van der Waals surface area contributed by atoms with E-state index in [0.717, 1.165) is 37.4 Å². The van der Waals surface area contributed by atoms with Gasteiger partial charge in [0, 0.05) is 31.4 Å². The zero-order valence-electron chi connectivity index (χ0n) is 14.3. The summed E-state index contributed by atoms with van der Waals surface area (Å²) in [5.41, 5.74) is 1.75. The highest BCUT2D eigenvalue weighted by Gasteiger charge is 2.19. The Balaban J connectivity index is 2.96. The summed E-state index contributed by atoms with van der Waals surface area (Å²) in [4.78, 5) is 18.9. The van der Waals surface area contributed by atoms with Gasteiger partial charge in [0.2, 0.25) is 0 Å². The van der Waals surface area contributed by atoms with Crippen molar-refractivity contribution in [1.82, 2.24) is 9.88 Å². The number of aryl methyl sites for hydroxylation is 1. The van der Waals surface area contributed by atoms with Gasteiger partial charge in [0.1, 0.15) is 5.82 Å². The van der Waals surface area contributed by atoms with E-state index in [2.05, 4.69) is 44.9 Å². The summed E-state index contributed by atoms with van der Waals surface area (Å²) in [5, 5.41) is 3.27. The van der Waals surface area contributed by atoms with Crippen LogP contribution >= 0.6 is 0 Å². The van der Waals surface area contributed by atoms with E-state index < -0.39 is 0 Å². The maximum absolute atomic E-state index is 12.6.